The smallest absolute Gasteiger partial charge is 0.236 e. The van der Waals surface area contributed by atoms with E-state index in [1.54, 1.807) is 0 Å². The summed E-state index contributed by atoms with van der Waals surface area (Å²) in [5.74, 6) is 0.0170. The fourth-order valence-corrected chi connectivity index (χ4v) is 2.95. The maximum atomic E-state index is 11.8. The highest BCUT2D eigenvalue weighted by atomic mass is 16.3. The van der Waals surface area contributed by atoms with Crippen LogP contribution in [0.25, 0.3) is 0 Å². The Labute approximate surface area is 126 Å². The van der Waals surface area contributed by atoms with Gasteiger partial charge in [0, 0.05) is 32.2 Å². The SMILES string of the molecule is NCC(=O)N1CCCC(N(CCO)Cc2ccccc2)C1. The number of nitrogens with two attached hydrogens (primary N) is 1. The van der Waals surface area contributed by atoms with Crippen LogP contribution in [0.5, 0.6) is 0 Å². The molecular weight excluding hydrogens is 266 g/mol. The summed E-state index contributed by atoms with van der Waals surface area (Å²) < 4.78 is 0. The van der Waals surface area contributed by atoms with E-state index in [9.17, 15) is 9.90 Å². The van der Waals surface area contributed by atoms with Gasteiger partial charge in [-0.15, -0.1) is 0 Å². The number of aliphatic hydroxyl groups excluding tert-OH is 1. The van der Waals surface area contributed by atoms with Gasteiger partial charge in [0.1, 0.15) is 0 Å². The molecule has 0 spiro atoms. The highest BCUT2D eigenvalue weighted by Crippen LogP contribution is 2.18. The minimum absolute atomic E-state index is 0.0170. The van der Waals surface area contributed by atoms with Crippen molar-refractivity contribution in [3.05, 3.63) is 35.9 Å². The van der Waals surface area contributed by atoms with Gasteiger partial charge in [0.25, 0.3) is 0 Å². The van der Waals surface area contributed by atoms with Crippen LogP contribution in [0.2, 0.25) is 0 Å². The molecular formula is C16H25N3O2. The zero-order valence-corrected chi connectivity index (χ0v) is 12.4. The normalized spacial score (nSPS) is 19.0. The number of hydrogen-bond acceptors (Lipinski definition) is 4. The Bertz CT molecular complexity index is 438. The van der Waals surface area contributed by atoms with Crippen molar-refractivity contribution in [1.29, 1.82) is 0 Å². The predicted octanol–water partition coefficient (Wildman–Crippen LogP) is 0.431. The van der Waals surface area contributed by atoms with Crippen molar-refractivity contribution in [2.24, 2.45) is 5.73 Å². The third-order valence-electron chi connectivity index (χ3n) is 4.06. The molecule has 5 nitrogen and oxygen atoms in total. The third kappa shape index (κ3) is 4.52. The molecule has 1 fully saturated rings. The highest BCUT2D eigenvalue weighted by molar-refractivity contribution is 5.78. The number of carbonyl (C=O) groups is 1. The summed E-state index contributed by atoms with van der Waals surface area (Å²) in [5.41, 5.74) is 6.69. The summed E-state index contributed by atoms with van der Waals surface area (Å²) in [4.78, 5) is 15.9. The lowest BCUT2D eigenvalue weighted by Gasteiger charge is -2.39. The summed E-state index contributed by atoms with van der Waals surface area (Å²) in [6.07, 6.45) is 2.05. The molecule has 0 aromatic heterocycles. The van der Waals surface area contributed by atoms with Crippen molar-refractivity contribution in [2.75, 3.05) is 32.8 Å². The zero-order valence-electron chi connectivity index (χ0n) is 12.4. The molecule has 0 aliphatic carbocycles. The van der Waals surface area contributed by atoms with Crippen molar-refractivity contribution in [2.45, 2.75) is 25.4 Å². The van der Waals surface area contributed by atoms with Gasteiger partial charge in [-0.25, -0.2) is 0 Å². The first kappa shape index (κ1) is 15.9. The van der Waals surface area contributed by atoms with Gasteiger partial charge >= 0.3 is 0 Å². The number of rotatable bonds is 6. The quantitative estimate of drug-likeness (QED) is 0.797. The maximum Gasteiger partial charge on any atom is 0.236 e. The zero-order chi connectivity index (χ0) is 15.1. The number of amides is 1. The largest absolute Gasteiger partial charge is 0.395 e. The molecule has 1 atom stereocenters. The van der Waals surface area contributed by atoms with Crippen LogP contribution in [0.15, 0.2) is 30.3 Å². The van der Waals surface area contributed by atoms with E-state index in [0.29, 0.717) is 19.1 Å². The Kier molecular flexibility index (Phi) is 6.17. The van der Waals surface area contributed by atoms with E-state index in [-0.39, 0.29) is 19.1 Å². The fraction of sp³-hybridized carbons (Fsp3) is 0.562. The molecule has 1 unspecified atom stereocenters. The molecule has 1 aliphatic rings. The van der Waals surface area contributed by atoms with Crippen LogP contribution in [-0.4, -0.2) is 59.6 Å². The number of benzene rings is 1. The highest BCUT2D eigenvalue weighted by Gasteiger charge is 2.27. The Morgan fingerprint density at radius 2 is 2.14 bits per heavy atom. The van der Waals surface area contributed by atoms with Gasteiger partial charge in [-0.1, -0.05) is 30.3 Å². The van der Waals surface area contributed by atoms with Crippen LogP contribution in [0, 0.1) is 0 Å². The summed E-state index contributed by atoms with van der Waals surface area (Å²) in [6, 6.07) is 10.5. The molecule has 1 aliphatic heterocycles. The summed E-state index contributed by atoms with van der Waals surface area (Å²) >= 11 is 0. The van der Waals surface area contributed by atoms with Crippen molar-refractivity contribution in [3.63, 3.8) is 0 Å². The van der Waals surface area contributed by atoms with Crippen molar-refractivity contribution in [3.8, 4) is 0 Å². The van der Waals surface area contributed by atoms with Crippen LogP contribution < -0.4 is 5.73 Å². The molecule has 1 saturated heterocycles. The molecule has 1 amide bonds. The van der Waals surface area contributed by atoms with Gasteiger partial charge in [0.15, 0.2) is 0 Å². The first-order valence-electron chi connectivity index (χ1n) is 7.61. The van der Waals surface area contributed by atoms with E-state index in [0.717, 1.165) is 25.9 Å². The molecule has 1 aromatic rings. The standard InChI is InChI=1S/C16H25N3O2/c17-11-16(21)19-8-4-7-15(13-19)18(9-10-20)12-14-5-2-1-3-6-14/h1-3,5-6,15,20H,4,7-13,17H2. The second-order valence-corrected chi connectivity index (χ2v) is 5.52. The fourth-order valence-electron chi connectivity index (χ4n) is 2.95. The average Bonchev–Trinajstić information content (AvgIpc) is 2.55. The Balaban J connectivity index is 2.01. The monoisotopic (exact) mass is 291 g/mol. The minimum Gasteiger partial charge on any atom is -0.395 e. The van der Waals surface area contributed by atoms with Crippen molar-refractivity contribution >= 4 is 5.91 Å². The van der Waals surface area contributed by atoms with E-state index in [1.807, 2.05) is 23.1 Å². The second kappa shape index (κ2) is 8.12. The molecule has 1 heterocycles. The van der Waals surface area contributed by atoms with E-state index < -0.39 is 0 Å². The van der Waals surface area contributed by atoms with Crippen molar-refractivity contribution < 1.29 is 9.90 Å². The molecule has 116 valence electrons. The molecule has 0 bridgehead atoms. The van der Waals surface area contributed by atoms with E-state index in [1.165, 1.54) is 5.56 Å². The second-order valence-electron chi connectivity index (χ2n) is 5.52. The summed E-state index contributed by atoms with van der Waals surface area (Å²) in [5, 5.41) is 9.32. The van der Waals surface area contributed by atoms with E-state index >= 15 is 0 Å². The lowest BCUT2D eigenvalue weighted by molar-refractivity contribution is -0.131. The van der Waals surface area contributed by atoms with Crippen LogP contribution in [0.4, 0.5) is 0 Å². The number of carbonyl (C=O) groups excluding carboxylic acids is 1. The van der Waals surface area contributed by atoms with E-state index in [2.05, 4.69) is 17.0 Å². The number of hydrogen-bond donors (Lipinski definition) is 2. The number of nitrogens with zero attached hydrogens (tertiary/aromatic N) is 2. The number of piperidine rings is 1. The minimum atomic E-state index is 0.0170. The molecule has 0 saturated carbocycles. The Morgan fingerprint density at radius 1 is 1.38 bits per heavy atom. The van der Waals surface area contributed by atoms with Crippen LogP contribution in [-0.2, 0) is 11.3 Å². The van der Waals surface area contributed by atoms with Crippen LogP contribution >= 0.6 is 0 Å². The van der Waals surface area contributed by atoms with Crippen LogP contribution in [0.1, 0.15) is 18.4 Å². The van der Waals surface area contributed by atoms with Gasteiger partial charge in [0.2, 0.25) is 5.91 Å². The van der Waals surface area contributed by atoms with Crippen molar-refractivity contribution in [1.82, 2.24) is 9.80 Å². The van der Waals surface area contributed by atoms with Gasteiger partial charge in [-0.05, 0) is 18.4 Å². The molecule has 2 rings (SSSR count). The molecule has 5 heteroatoms. The van der Waals surface area contributed by atoms with Crippen LogP contribution in [0.3, 0.4) is 0 Å². The first-order valence-corrected chi connectivity index (χ1v) is 7.61. The summed E-state index contributed by atoms with van der Waals surface area (Å²) in [6.45, 7) is 3.15. The Morgan fingerprint density at radius 3 is 2.81 bits per heavy atom. The van der Waals surface area contributed by atoms with Gasteiger partial charge in [0.05, 0.1) is 13.2 Å². The first-order chi connectivity index (χ1) is 10.2. The molecule has 1 aromatic carbocycles. The maximum absolute atomic E-state index is 11.8. The lowest BCUT2D eigenvalue weighted by atomic mass is 10.0. The number of aliphatic hydroxyl groups is 1. The third-order valence-corrected chi connectivity index (χ3v) is 4.06. The molecule has 3 N–H and O–H groups in total. The topological polar surface area (TPSA) is 69.8 Å². The van der Waals surface area contributed by atoms with E-state index in [4.69, 9.17) is 5.73 Å². The average molecular weight is 291 g/mol. The Hall–Kier alpha value is -1.43. The van der Waals surface area contributed by atoms with Gasteiger partial charge in [-0.2, -0.15) is 0 Å². The predicted molar refractivity (Wildman–Crippen MR) is 82.6 cm³/mol. The van der Waals surface area contributed by atoms with Gasteiger partial charge in [-0.3, -0.25) is 9.69 Å². The molecule has 0 radical (unpaired) electrons. The number of likely N-dealkylation sites (tertiary alicyclic amines) is 1. The summed E-state index contributed by atoms with van der Waals surface area (Å²) in [7, 11) is 0. The molecule has 21 heavy (non-hydrogen) atoms. The van der Waals surface area contributed by atoms with Gasteiger partial charge < -0.3 is 15.7 Å². The lowest BCUT2D eigenvalue weighted by Crippen LogP contribution is -2.51.